The summed E-state index contributed by atoms with van der Waals surface area (Å²) in [6.45, 7) is 2.59. The minimum atomic E-state index is -0.374. The third-order valence-electron chi connectivity index (χ3n) is 1.70. The predicted octanol–water partition coefficient (Wildman–Crippen LogP) is 3.20. The summed E-state index contributed by atoms with van der Waals surface area (Å²) >= 11 is 5.38. The van der Waals surface area contributed by atoms with E-state index >= 15 is 0 Å². The lowest BCUT2D eigenvalue weighted by Crippen LogP contribution is -1.96. The van der Waals surface area contributed by atoms with E-state index < -0.39 is 0 Å². The van der Waals surface area contributed by atoms with Gasteiger partial charge in [-0.3, -0.25) is 0 Å². The molecular weight excluding hydrogens is 215 g/mol. The molecule has 0 amide bonds. The molecule has 0 aromatic heterocycles. The molecule has 80 valence electrons. The van der Waals surface area contributed by atoms with Crippen molar-refractivity contribution in [3.63, 3.8) is 0 Å². The molecule has 0 fully saturated rings. The molecule has 0 radical (unpaired) electrons. The van der Waals surface area contributed by atoms with Gasteiger partial charge in [-0.2, -0.15) is 0 Å². The molecule has 0 heterocycles. The summed E-state index contributed by atoms with van der Waals surface area (Å²) < 4.78 is 18.7. The molecule has 15 heavy (non-hydrogen) atoms. The van der Waals surface area contributed by atoms with Gasteiger partial charge in [0.15, 0.2) is 0 Å². The molecule has 1 rings (SSSR count). The first-order valence-corrected chi connectivity index (χ1v) is 5.28. The van der Waals surface area contributed by atoms with Gasteiger partial charge in [0.05, 0.1) is 18.1 Å². The first kappa shape index (κ1) is 11.9. The van der Waals surface area contributed by atoms with Crippen LogP contribution in [-0.4, -0.2) is 12.5 Å². The lowest BCUT2D eigenvalue weighted by Gasteiger charge is -2.04. The van der Waals surface area contributed by atoms with Gasteiger partial charge in [0.25, 0.3) is 0 Å². The van der Waals surface area contributed by atoms with Crippen molar-refractivity contribution in [1.82, 2.24) is 0 Å². The van der Waals surface area contributed by atoms with Crippen molar-refractivity contribution in [2.75, 3.05) is 12.5 Å². The van der Waals surface area contributed by atoms with Crippen LogP contribution in [-0.2, 0) is 0 Å². The second-order valence-corrected chi connectivity index (χ2v) is 3.19. The van der Waals surface area contributed by atoms with E-state index in [0.717, 1.165) is 6.42 Å². The van der Waals surface area contributed by atoms with Crippen molar-refractivity contribution >= 4 is 11.6 Å². The van der Waals surface area contributed by atoms with E-state index in [1.807, 2.05) is 6.92 Å². The summed E-state index contributed by atoms with van der Waals surface area (Å²) in [7, 11) is 0. The standard InChI is InChI=1S/C12H12ClFO/c1-2-8-15-11-6-5-10(4-3-7-13)12(14)9-11/h5-6,9H,2,7-8H2,1H3. The Morgan fingerprint density at radius 2 is 2.27 bits per heavy atom. The fourth-order valence-electron chi connectivity index (χ4n) is 1.04. The van der Waals surface area contributed by atoms with E-state index in [4.69, 9.17) is 16.3 Å². The summed E-state index contributed by atoms with van der Waals surface area (Å²) in [6.07, 6.45) is 0.898. The van der Waals surface area contributed by atoms with Crippen molar-refractivity contribution in [3.8, 4) is 17.6 Å². The van der Waals surface area contributed by atoms with Crippen LogP contribution in [0.15, 0.2) is 18.2 Å². The maximum Gasteiger partial charge on any atom is 0.142 e. The number of ether oxygens (including phenoxy) is 1. The zero-order valence-corrected chi connectivity index (χ0v) is 9.27. The van der Waals surface area contributed by atoms with Crippen molar-refractivity contribution in [2.24, 2.45) is 0 Å². The molecule has 0 saturated heterocycles. The highest BCUT2D eigenvalue weighted by Crippen LogP contribution is 2.16. The Morgan fingerprint density at radius 3 is 2.87 bits per heavy atom. The zero-order chi connectivity index (χ0) is 11.1. The van der Waals surface area contributed by atoms with E-state index in [0.29, 0.717) is 17.9 Å². The largest absolute Gasteiger partial charge is 0.494 e. The van der Waals surface area contributed by atoms with E-state index in [1.54, 1.807) is 12.1 Å². The number of alkyl halides is 1. The lowest BCUT2D eigenvalue weighted by atomic mass is 10.2. The van der Waals surface area contributed by atoms with Gasteiger partial charge in [-0.25, -0.2) is 4.39 Å². The molecule has 0 aliphatic heterocycles. The molecule has 1 nitrogen and oxygen atoms in total. The number of hydrogen-bond donors (Lipinski definition) is 0. The topological polar surface area (TPSA) is 9.23 Å². The van der Waals surface area contributed by atoms with Crippen LogP contribution in [0.3, 0.4) is 0 Å². The maximum absolute atomic E-state index is 13.4. The normalized spacial score (nSPS) is 9.27. The predicted molar refractivity (Wildman–Crippen MR) is 59.8 cm³/mol. The fraction of sp³-hybridized carbons (Fsp3) is 0.333. The molecule has 1 aromatic rings. The van der Waals surface area contributed by atoms with Gasteiger partial charge in [0, 0.05) is 6.07 Å². The van der Waals surface area contributed by atoms with Gasteiger partial charge < -0.3 is 4.74 Å². The van der Waals surface area contributed by atoms with Crippen LogP contribution >= 0.6 is 11.6 Å². The maximum atomic E-state index is 13.4. The van der Waals surface area contributed by atoms with E-state index in [-0.39, 0.29) is 11.7 Å². The van der Waals surface area contributed by atoms with Crippen LogP contribution in [0.1, 0.15) is 18.9 Å². The highest BCUT2D eigenvalue weighted by Gasteiger charge is 2.01. The van der Waals surface area contributed by atoms with Crippen LogP contribution in [0.25, 0.3) is 0 Å². The minimum absolute atomic E-state index is 0.202. The molecule has 3 heteroatoms. The second kappa shape index (κ2) is 6.31. The summed E-state index contributed by atoms with van der Waals surface area (Å²) in [5, 5.41) is 0. The Hall–Kier alpha value is -1.20. The van der Waals surface area contributed by atoms with Crippen LogP contribution in [0.4, 0.5) is 4.39 Å². The molecule has 0 aliphatic rings. The first-order valence-electron chi connectivity index (χ1n) is 4.75. The Kier molecular flexibility index (Phi) is 5.00. The monoisotopic (exact) mass is 226 g/mol. The molecular formula is C12H12ClFO. The van der Waals surface area contributed by atoms with Crippen LogP contribution < -0.4 is 4.74 Å². The smallest absolute Gasteiger partial charge is 0.142 e. The highest BCUT2D eigenvalue weighted by atomic mass is 35.5. The zero-order valence-electron chi connectivity index (χ0n) is 8.52. The first-order chi connectivity index (χ1) is 7.27. The molecule has 0 atom stereocenters. The Balaban J connectivity index is 2.78. The summed E-state index contributed by atoms with van der Waals surface area (Å²) in [5.74, 6) is 5.60. The summed E-state index contributed by atoms with van der Waals surface area (Å²) in [6, 6.07) is 4.64. The van der Waals surface area contributed by atoms with Crippen molar-refractivity contribution in [3.05, 3.63) is 29.6 Å². The quantitative estimate of drug-likeness (QED) is 0.568. The van der Waals surface area contributed by atoms with Crippen LogP contribution in [0.2, 0.25) is 0 Å². The van der Waals surface area contributed by atoms with Gasteiger partial charge in [-0.05, 0) is 18.6 Å². The van der Waals surface area contributed by atoms with Gasteiger partial charge >= 0.3 is 0 Å². The number of rotatable bonds is 3. The van der Waals surface area contributed by atoms with Gasteiger partial charge in [-0.1, -0.05) is 18.8 Å². The number of halogens is 2. The van der Waals surface area contributed by atoms with Gasteiger partial charge in [-0.15, -0.1) is 11.6 Å². The number of benzene rings is 1. The highest BCUT2D eigenvalue weighted by molar-refractivity contribution is 6.19. The Labute approximate surface area is 94.2 Å². The van der Waals surface area contributed by atoms with Gasteiger partial charge in [0.1, 0.15) is 11.6 Å². The Bertz CT molecular complexity index is 379. The molecule has 1 aromatic carbocycles. The summed E-state index contributed by atoms with van der Waals surface area (Å²) in [4.78, 5) is 0. The molecule has 0 N–H and O–H groups in total. The molecule has 0 spiro atoms. The van der Waals surface area contributed by atoms with E-state index in [9.17, 15) is 4.39 Å². The van der Waals surface area contributed by atoms with E-state index in [1.165, 1.54) is 6.07 Å². The second-order valence-electron chi connectivity index (χ2n) is 2.93. The Morgan fingerprint density at radius 1 is 1.47 bits per heavy atom. The van der Waals surface area contributed by atoms with E-state index in [2.05, 4.69) is 11.8 Å². The minimum Gasteiger partial charge on any atom is -0.494 e. The molecule has 0 unspecified atom stereocenters. The third kappa shape index (κ3) is 3.81. The average Bonchev–Trinajstić information content (AvgIpc) is 2.25. The third-order valence-corrected chi connectivity index (χ3v) is 1.84. The van der Waals surface area contributed by atoms with Crippen LogP contribution in [0, 0.1) is 17.7 Å². The fourth-order valence-corrected chi connectivity index (χ4v) is 1.10. The molecule has 0 aliphatic carbocycles. The summed E-state index contributed by atoms with van der Waals surface area (Å²) in [5.41, 5.74) is 0.347. The van der Waals surface area contributed by atoms with Gasteiger partial charge in [0.2, 0.25) is 0 Å². The van der Waals surface area contributed by atoms with Crippen LogP contribution in [0.5, 0.6) is 5.75 Å². The number of hydrogen-bond acceptors (Lipinski definition) is 1. The molecule has 0 bridgehead atoms. The SMILES string of the molecule is CCCOc1ccc(C#CCCl)c(F)c1. The van der Waals surface area contributed by atoms with Crippen molar-refractivity contribution < 1.29 is 9.13 Å². The average molecular weight is 227 g/mol. The van der Waals surface area contributed by atoms with Crippen molar-refractivity contribution in [2.45, 2.75) is 13.3 Å². The lowest BCUT2D eigenvalue weighted by molar-refractivity contribution is 0.315. The van der Waals surface area contributed by atoms with Crippen molar-refractivity contribution in [1.29, 1.82) is 0 Å². The molecule has 0 saturated carbocycles.